The van der Waals surface area contributed by atoms with Gasteiger partial charge in [0.2, 0.25) is 5.91 Å². The summed E-state index contributed by atoms with van der Waals surface area (Å²) in [5, 5.41) is 2.95. The van der Waals surface area contributed by atoms with E-state index < -0.39 is 5.91 Å². The zero-order chi connectivity index (χ0) is 21.8. The fraction of sp³-hybridized carbons (Fsp3) is 0.296. The van der Waals surface area contributed by atoms with Crippen molar-refractivity contribution in [1.82, 2.24) is 5.32 Å². The molecule has 162 valence electrons. The van der Waals surface area contributed by atoms with Crippen LogP contribution in [-0.4, -0.2) is 25.0 Å². The zero-order valence-corrected chi connectivity index (χ0v) is 18.1. The number of carbonyl (C=O) groups excluding carboxylic acids is 1. The Morgan fingerprint density at radius 1 is 0.677 bits per heavy atom. The second kappa shape index (κ2) is 12.0. The third kappa shape index (κ3) is 8.00. The van der Waals surface area contributed by atoms with Crippen LogP contribution in [0.5, 0.6) is 0 Å². The molecule has 0 saturated carbocycles. The van der Waals surface area contributed by atoms with Gasteiger partial charge < -0.3 is 14.8 Å². The van der Waals surface area contributed by atoms with Crippen molar-refractivity contribution < 1.29 is 14.3 Å². The highest BCUT2D eigenvalue weighted by molar-refractivity contribution is 5.73. The smallest absolute Gasteiger partial charge is 0.251 e. The number of nitrogens with one attached hydrogen (secondary N) is 1. The average Bonchev–Trinajstić information content (AvgIpc) is 2.79. The lowest BCUT2D eigenvalue weighted by Crippen LogP contribution is -2.53. The molecule has 3 aromatic rings. The topological polar surface area (TPSA) is 47.6 Å². The molecular weight excluding hydrogens is 386 g/mol. The van der Waals surface area contributed by atoms with E-state index in [1.54, 1.807) is 0 Å². The minimum absolute atomic E-state index is 0.174. The lowest BCUT2D eigenvalue weighted by atomic mass is 10.1. The molecule has 1 N–H and O–H groups in total. The van der Waals surface area contributed by atoms with Gasteiger partial charge in [-0.15, -0.1) is 0 Å². The van der Waals surface area contributed by atoms with Crippen molar-refractivity contribution in [2.45, 2.75) is 38.5 Å². The number of hydrogen-bond acceptors (Lipinski definition) is 3. The molecule has 0 saturated heterocycles. The highest BCUT2D eigenvalue weighted by Gasteiger charge is 2.33. The molecule has 0 fully saturated rings. The minimum atomic E-state index is -1.16. The van der Waals surface area contributed by atoms with Crippen LogP contribution in [0.1, 0.15) is 30.0 Å². The SMILES string of the molecule is CC(=O)NC(CCc1ccccc1)(OCCc1ccccc1)OCCc1ccccc1. The van der Waals surface area contributed by atoms with Gasteiger partial charge in [0.25, 0.3) is 5.91 Å². The highest BCUT2D eigenvalue weighted by atomic mass is 16.7. The fourth-order valence-electron chi connectivity index (χ4n) is 3.50. The Morgan fingerprint density at radius 2 is 1.06 bits per heavy atom. The average molecular weight is 418 g/mol. The minimum Gasteiger partial charge on any atom is -0.332 e. The largest absolute Gasteiger partial charge is 0.332 e. The summed E-state index contributed by atoms with van der Waals surface area (Å²) in [5.41, 5.74) is 3.55. The predicted octanol–water partition coefficient (Wildman–Crippen LogP) is 4.93. The molecule has 0 aromatic heterocycles. The van der Waals surface area contributed by atoms with Crippen LogP contribution in [0.25, 0.3) is 0 Å². The van der Waals surface area contributed by atoms with E-state index in [0.717, 1.165) is 19.3 Å². The predicted molar refractivity (Wildman–Crippen MR) is 124 cm³/mol. The molecule has 0 bridgehead atoms. The Balaban J connectivity index is 1.69. The van der Waals surface area contributed by atoms with E-state index in [4.69, 9.17) is 9.47 Å². The molecular formula is C27H31NO3. The lowest BCUT2D eigenvalue weighted by molar-refractivity contribution is -0.256. The highest BCUT2D eigenvalue weighted by Crippen LogP contribution is 2.20. The lowest BCUT2D eigenvalue weighted by Gasteiger charge is -2.34. The van der Waals surface area contributed by atoms with Crippen molar-refractivity contribution in [1.29, 1.82) is 0 Å². The maximum Gasteiger partial charge on any atom is 0.251 e. The van der Waals surface area contributed by atoms with Crippen molar-refractivity contribution in [2.75, 3.05) is 13.2 Å². The van der Waals surface area contributed by atoms with Gasteiger partial charge >= 0.3 is 0 Å². The first-order valence-corrected chi connectivity index (χ1v) is 10.8. The summed E-state index contributed by atoms with van der Waals surface area (Å²) in [7, 11) is 0. The van der Waals surface area contributed by atoms with E-state index in [1.165, 1.54) is 23.6 Å². The second-order valence-electron chi connectivity index (χ2n) is 7.59. The molecule has 3 aromatic carbocycles. The number of hydrogen-bond donors (Lipinski definition) is 1. The molecule has 0 unspecified atom stereocenters. The van der Waals surface area contributed by atoms with Gasteiger partial charge in [0.05, 0.1) is 13.2 Å². The number of rotatable bonds is 12. The van der Waals surface area contributed by atoms with E-state index in [9.17, 15) is 4.79 Å². The molecule has 0 aliphatic heterocycles. The summed E-state index contributed by atoms with van der Waals surface area (Å²) < 4.78 is 12.5. The summed E-state index contributed by atoms with van der Waals surface area (Å²) in [6.07, 6.45) is 2.75. The number of ether oxygens (including phenoxy) is 2. The molecule has 4 nitrogen and oxygen atoms in total. The van der Waals surface area contributed by atoms with Crippen LogP contribution < -0.4 is 5.32 Å². The third-order valence-corrected chi connectivity index (χ3v) is 5.09. The summed E-state index contributed by atoms with van der Waals surface area (Å²) >= 11 is 0. The molecule has 0 spiro atoms. The van der Waals surface area contributed by atoms with E-state index in [1.807, 2.05) is 54.6 Å². The van der Waals surface area contributed by atoms with Gasteiger partial charge in [0, 0.05) is 13.3 Å². The molecule has 4 heteroatoms. The summed E-state index contributed by atoms with van der Waals surface area (Å²) in [5.74, 6) is -1.34. The monoisotopic (exact) mass is 417 g/mol. The van der Waals surface area contributed by atoms with E-state index in [0.29, 0.717) is 19.6 Å². The van der Waals surface area contributed by atoms with Crippen LogP contribution in [-0.2, 0) is 33.5 Å². The van der Waals surface area contributed by atoms with Gasteiger partial charge in [-0.2, -0.15) is 0 Å². The van der Waals surface area contributed by atoms with Crippen LogP contribution in [0.3, 0.4) is 0 Å². The first-order valence-electron chi connectivity index (χ1n) is 10.8. The zero-order valence-electron chi connectivity index (χ0n) is 18.1. The first kappa shape index (κ1) is 22.7. The molecule has 31 heavy (non-hydrogen) atoms. The third-order valence-electron chi connectivity index (χ3n) is 5.09. The van der Waals surface area contributed by atoms with Gasteiger partial charge in [-0.05, 0) is 36.0 Å². The number of aryl methyl sites for hydroxylation is 1. The van der Waals surface area contributed by atoms with Crippen LogP contribution in [0, 0.1) is 0 Å². The second-order valence-corrected chi connectivity index (χ2v) is 7.59. The van der Waals surface area contributed by atoms with E-state index in [-0.39, 0.29) is 5.91 Å². The van der Waals surface area contributed by atoms with Crippen LogP contribution in [0.4, 0.5) is 0 Å². The molecule has 3 rings (SSSR count). The van der Waals surface area contributed by atoms with Crippen molar-refractivity contribution in [3.05, 3.63) is 108 Å². The molecule has 1 amide bonds. The molecule has 0 aliphatic carbocycles. The van der Waals surface area contributed by atoms with Crippen molar-refractivity contribution >= 4 is 5.91 Å². The van der Waals surface area contributed by atoms with Gasteiger partial charge in [0.1, 0.15) is 0 Å². The first-order chi connectivity index (χ1) is 15.2. The number of amides is 1. The summed E-state index contributed by atoms with van der Waals surface area (Å²) in [6.45, 7) is 2.40. The normalized spacial score (nSPS) is 11.3. The van der Waals surface area contributed by atoms with Crippen molar-refractivity contribution in [2.24, 2.45) is 0 Å². The van der Waals surface area contributed by atoms with Gasteiger partial charge in [0.15, 0.2) is 0 Å². The Labute approximate surface area is 185 Å². The summed E-state index contributed by atoms with van der Waals surface area (Å²) in [4.78, 5) is 12.1. The summed E-state index contributed by atoms with van der Waals surface area (Å²) in [6, 6.07) is 30.5. The quantitative estimate of drug-likeness (QED) is 0.425. The Morgan fingerprint density at radius 3 is 1.45 bits per heavy atom. The van der Waals surface area contributed by atoms with Gasteiger partial charge in [-0.25, -0.2) is 0 Å². The number of benzene rings is 3. The Bertz CT molecular complexity index is 852. The van der Waals surface area contributed by atoms with Gasteiger partial charge in [-0.3, -0.25) is 4.79 Å². The molecule has 0 aliphatic rings. The maximum atomic E-state index is 12.1. The molecule has 0 heterocycles. The van der Waals surface area contributed by atoms with Crippen LogP contribution >= 0.6 is 0 Å². The van der Waals surface area contributed by atoms with E-state index >= 15 is 0 Å². The van der Waals surface area contributed by atoms with E-state index in [2.05, 4.69) is 41.7 Å². The number of carbonyl (C=O) groups is 1. The van der Waals surface area contributed by atoms with Crippen molar-refractivity contribution in [3.8, 4) is 0 Å². The molecule has 0 atom stereocenters. The van der Waals surface area contributed by atoms with Crippen molar-refractivity contribution in [3.63, 3.8) is 0 Å². The standard InChI is InChI=1S/C27H31NO3/c1-23(29)28-27(20-17-24-11-5-2-6-12-24,30-21-18-25-13-7-3-8-14-25)31-22-19-26-15-9-4-10-16-26/h2-16H,17-22H2,1H3,(H,28,29). The Kier molecular flexibility index (Phi) is 8.83. The van der Waals surface area contributed by atoms with Crippen LogP contribution in [0.15, 0.2) is 91.0 Å². The molecule has 0 radical (unpaired) electrons. The maximum absolute atomic E-state index is 12.1. The van der Waals surface area contributed by atoms with Gasteiger partial charge in [-0.1, -0.05) is 91.0 Å². The van der Waals surface area contributed by atoms with Crippen LogP contribution in [0.2, 0.25) is 0 Å². The Hall–Kier alpha value is -2.95. The fourth-order valence-corrected chi connectivity index (χ4v) is 3.50.